The summed E-state index contributed by atoms with van der Waals surface area (Å²) in [5, 5.41) is 0.238. The molecule has 0 bridgehead atoms. The number of hydrogen-bond acceptors (Lipinski definition) is 2. The van der Waals surface area contributed by atoms with Gasteiger partial charge in [0.25, 0.3) is 0 Å². The number of ketones is 1. The zero-order valence-electron chi connectivity index (χ0n) is 11.7. The Morgan fingerprint density at radius 1 is 0.941 bits per heavy atom. The van der Waals surface area contributed by atoms with E-state index >= 15 is 0 Å². The molecule has 0 saturated carbocycles. The van der Waals surface area contributed by atoms with Crippen LogP contribution >= 0.6 is 27.5 Å². The van der Waals surface area contributed by atoms with Crippen molar-refractivity contribution >= 4 is 38.6 Å². The molecule has 0 heterocycles. The van der Waals surface area contributed by atoms with Gasteiger partial charge in [0.05, 0.1) is 5.33 Å². The third-order valence-corrected chi connectivity index (χ3v) is 2.30. The molecule has 0 aromatic heterocycles. The number of carbonyl (C=O) groups excluding carboxylic acids is 2. The fourth-order valence-electron chi connectivity index (χ4n) is 1.06. The van der Waals surface area contributed by atoms with Crippen molar-refractivity contribution in [2.24, 2.45) is 10.8 Å². The topological polar surface area (TPSA) is 34.1 Å². The third-order valence-electron chi connectivity index (χ3n) is 1.55. The van der Waals surface area contributed by atoms with E-state index in [-0.39, 0.29) is 21.9 Å². The summed E-state index contributed by atoms with van der Waals surface area (Å²) in [6, 6.07) is 0. The fraction of sp³-hybridized carbons (Fsp3) is 0.846. The first kappa shape index (κ1) is 19.4. The van der Waals surface area contributed by atoms with Gasteiger partial charge in [0.2, 0.25) is 5.24 Å². The zero-order valence-corrected chi connectivity index (χ0v) is 14.0. The van der Waals surface area contributed by atoms with E-state index in [0.29, 0.717) is 18.2 Å². The largest absolute Gasteiger partial charge is 0.299 e. The molecule has 0 aliphatic heterocycles. The summed E-state index contributed by atoms with van der Waals surface area (Å²) in [7, 11) is 0. The first-order chi connectivity index (χ1) is 7.37. The lowest BCUT2D eigenvalue weighted by Gasteiger charge is -2.15. The van der Waals surface area contributed by atoms with Crippen LogP contribution in [0.2, 0.25) is 0 Å². The number of rotatable bonds is 3. The first-order valence-corrected chi connectivity index (χ1v) is 7.13. The smallest absolute Gasteiger partial charge is 0.222 e. The van der Waals surface area contributed by atoms with Gasteiger partial charge in [-0.3, -0.25) is 9.59 Å². The van der Waals surface area contributed by atoms with E-state index in [1.807, 2.05) is 20.8 Å². The van der Waals surface area contributed by atoms with E-state index in [0.717, 1.165) is 0 Å². The summed E-state index contributed by atoms with van der Waals surface area (Å²) in [5.74, 6) is 0.280. The SMILES string of the molecule is CC(C)(C)CC(=O)CBr.CC(C)(C)CC(=O)Cl. The summed E-state index contributed by atoms with van der Waals surface area (Å²) in [5.41, 5.74) is 0.184. The van der Waals surface area contributed by atoms with Crippen LogP contribution in [0.25, 0.3) is 0 Å². The number of alkyl halides is 1. The van der Waals surface area contributed by atoms with Crippen LogP contribution in [-0.2, 0) is 9.59 Å². The zero-order chi connectivity index (χ0) is 14.3. The lowest BCUT2D eigenvalue weighted by atomic mass is 9.90. The number of hydrogen-bond donors (Lipinski definition) is 0. The second kappa shape index (κ2) is 8.25. The van der Waals surface area contributed by atoms with Gasteiger partial charge >= 0.3 is 0 Å². The highest BCUT2D eigenvalue weighted by molar-refractivity contribution is 9.09. The molecule has 0 aliphatic rings. The summed E-state index contributed by atoms with van der Waals surface area (Å²) >= 11 is 8.24. The summed E-state index contributed by atoms with van der Waals surface area (Å²) in [6.45, 7) is 12.1. The molecule has 0 aliphatic carbocycles. The standard InChI is InChI=1S/C7H13BrO.C6H11ClO/c1-7(2,3)4-6(9)5-8;1-6(2,3)4-5(7)8/h4-5H2,1-3H3;4H2,1-3H3. The molecule has 2 nitrogen and oxygen atoms in total. The highest BCUT2D eigenvalue weighted by atomic mass is 79.9. The first-order valence-electron chi connectivity index (χ1n) is 5.63. The van der Waals surface area contributed by atoms with Crippen LogP contribution in [-0.4, -0.2) is 16.4 Å². The minimum absolute atomic E-state index is 0.0405. The maximum Gasteiger partial charge on any atom is 0.222 e. The second-order valence-corrected chi connectivity index (χ2v) is 7.48. The summed E-state index contributed by atoms with van der Waals surface area (Å²) < 4.78 is 0. The Kier molecular flexibility index (Phi) is 9.44. The highest BCUT2D eigenvalue weighted by Gasteiger charge is 2.14. The van der Waals surface area contributed by atoms with Gasteiger partial charge in [0, 0.05) is 12.8 Å². The molecule has 0 aromatic carbocycles. The molecule has 0 amide bonds. The van der Waals surface area contributed by atoms with Crippen LogP contribution < -0.4 is 0 Å². The molecule has 0 rings (SSSR count). The monoisotopic (exact) mass is 326 g/mol. The van der Waals surface area contributed by atoms with E-state index in [2.05, 4.69) is 36.7 Å². The van der Waals surface area contributed by atoms with E-state index in [9.17, 15) is 9.59 Å². The molecule has 0 aromatic rings. The van der Waals surface area contributed by atoms with Gasteiger partial charge in [-0.1, -0.05) is 57.5 Å². The Morgan fingerprint density at radius 2 is 1.29 bits per heavy atom. The Labute approximate surface area is 119 Å². The number of Topliss-reactive ketones (excluding diaryl/α,β-unsaturated/α-hetero) is 1. The van der Waals surface area contributed by atoms with Crippen LogP contribution in [0.15, 0.2) is 0 Å². The van der Waals surface area contributed by atoms with Crippen LogP contribution in [0, 0.1) is 10.8 Å². The van der Waals surface area contributed by atoms with Crippen molar-refractivity contribution in [3.05, 3.63) is 0 Å². The molecule has 0 fully saturated rings. The van der Waals surface area contributed by atoms with Crippen LogP contribution in [0.1, 0.15) is 54.4 Å². The van der Waals surface area contributed by atoms with Crippen molar-refractivity contribution in [1.82, 2.24) is 0 Å². The Hall–Kier alpha value is 0.110. The third kappa shape index (κ3) is 21.9. The predicted molar refractivity (Wildman–Crippen MR) is 77.8 cm³/mol. The van der Waals surface area contributed by atoms with E-state index in [1.165, 1.54) is 0 Å². The molecule has 17 heavy (non-hydrogen) atoms. The minimum Gasteiger partial charge on any atom is -0.299 e. The van der Waals surface area contributed by atoms with Crippen molar-refractivity contribution in [3.8, 4) is 0 Å². The van der Waals surface area contributed by atoms with Crippen LogP contribution in [0.4, 0.5) is 0 Å². The summed E-state index contributed by atoms with van der Waals surface area (Å²) in [6.07, 6.45) is 1.12. The van der Waals surface area contributed by atoms with Gasteiger partial charge in [-0.05, 0) is 22.4 Å². The average Bonchev–Trinajstić information content (AvgIpc) is 1.96. The van der Waals surface area contributed by atoms with Gasteiger partial charge < -0.3 is 0 Å². The normalized spacial score (nSPS) is 11.5. The van der Waals surface area contributed by atoms with Crippen molar-refractivity contribution in [3.63, 3.8) is 0 Å². The second-order valence-electron chi connectivity index (χ2n) is 6.50. The molecule has 4 heteroatoms. The highest BCUT2D eigenvalue weighted by Crippen LogP contribution is 2.19. The van der Waals surface area contributed by atoms with Crippen molar-refractivity contribution < 1.29 is 9.59 Å². The number of carbonyl (C=O) groups is 2. The molecule has 0 radical (unpaired) electrons. The van der Waals surface area contributed by atoms with Crippen LogP contribution in [0.5, 0.6) is 0 Å². The van der Waals surface area contributed by atoms with Gasteiger partial charge in [-0.2, -0.15) is 0 Å². The summed E-state index contributed by atoms with van der Waals surface area (Å²) in [4.78, 5) is 21.0. The Morgan fingerprint density at radius 3 is 1.35 bits per heavy atom. The van der Waals surface area contributed by atoms with Gasteiger partial charge in [0.15, 0.2) is 0 Å². The Bertz CT molecular complexity index is 249. The molecule has 102 valence electrons. The van der Waals surface area contributed by atoms with Gasteiger partial charge in [-0.15, -0.1) is 0 Å². The van der Waals surface area contributed by atoms with Crippen molar-refractivity contribution in [2.45, 2.75) is 54.4 Å². The van der Waals surface area contributed by atoms with E-state index in [1.54, 1.807) is 0 Å². The molecule has 0 unspecified atom stereocenters. The van der Waals surface area contributed by atoms with Crippen LogP contribution in [0.3, 0.4) is 0 Å². The lowest BCUT2D eigenvalue weighted by molar-refractivity contribution is -0.118. The van der Waals surface area contributed by atoms with E-state index < -0.39 is 0 Å². The van der Waals surface area contributed by atoms with Crippen molar-refractivity contribution in [1.29, 1.82) is 0 Å². The molecule has 0 atom stereocenters. The predicted octanol–water partition coefficient (Wildman–Crippen LogP) is 4.57. The maximum atomic E-state index is 10.8. The van der Waals surface area contributed by atoms with Gasteiger partial charge in [0.1, 0.15) is 5.78 Å². The molecular formula is C13H24BrClO2. The Balaban J connectivity index is 0. The molecule has 0 spiro atoms. The molecule has 0 N–H and O–H groups in total. The van der Waals surface area contributed by atoms with Crippen molar-refractivity contribution in [2.75, 3.05) is 5.33 Å². The van der Waals surface area contributed by atoms with Gasteiger partial charge in [-0.25, -0.2) is 0 Å². The lowest BCUT2D eigenvalue weighted by Crippen LogP contribution is -2.13. The maximum absolute atomic E-state index is 10.8. The minimum atomic E-state index is -0.252. The fourth-order valence-corrected chi connectivity index (χ4v) is 1.65. The average molecular weight is 328 g/mol. The van der Waals surface area contributed by atoms with E-state index in [4.69, 9.17) is 11.6 Å². The molecule has 0 saturated heterocycles. The molecular weight excluding hydrogens is 303 g/mol. The number of halogens is 2. The quantitative estimate of drug-likeness (QED) is 0.562.